The van der Waals surface area contributed by atoms with Crippen molar-refractivity contribution in [1.29, 1.82) is 0 Å². The molecule has 1 atom stereocenters. The predicted octanol–water partition coefficient (Wildman–Crippen LogP) is 1.42. The SMILES string of the molecule is COC(=O)[C@H]1CCCCN1C(C)C. The fourth-order valence-corrected chi connectivity index (χ4v) is 1.96. The van der Waals surface area contributed by atoms with Crippen molar-refractivity contribution in [2.24, 2.45) is 0 Å². The van der Waals surface area contributed by atoms with Crippen LogP contribution in [0.1, 0.15) is 33.1 Å². The fraction of sp³-hybridized carbons (Fsp3) is 0.900. The van der Waals surface area contributed by atoms with Crippen molar-refractivity contribution in [3.63, 3.8) is 0 Å². The maximum absolute atomic E-state index is 11.4. The average molecular weight is 185 g/mol. The van der Waals surface area contributed by atoms with Gasteiger partial charge in [-0.1, -0.05) is 6.42 Å². The second-order valence-electron chi connectivity index (χ2n) is 3.87. The van der Waals surface area contributed by atoms with E-state index in [1.54, 1.807) is 0 Å². The summed E-state index contributed by atoms with van der Waals surface area (Å²) in [4.78, 5) is 13.6. The molecule has 1 fully saturated rings. The van der Waals surface area contributed by atoms with E-state index in [1.165, 1.54) is 13.5 Å². The van der Waals surface area contributed by atoms with E-state index < -0.39 is 0 Å². The molecule has 1 aliphatic rings. The topological polar surface area (TPSA) is 29.5 Å². The number of hydrogen-bond donors (Lipinski definition) is 0. The number of hydrogen-bond acceptors (Lipinski definition) is 3. The Bertz CT molecular complexity index is 180. The van der Waals surface area contributed by atoms with Gasteiger partial charge >= 0.3 is 5.97 Å². The third kappa shape index (κ3) is 2.44. The molecule has 1 rings (SSSR count). The van der Waals surface area contributed by atoms with Crippen LogP contribution < -0.4 is 0 Å². The summed E-state index contributed by atoms with van der Waals surface area (Å²) in [6, 6.07) is 0.433. The molecule has 1 aliphatic heterocycles. The van der Waals surface area contributed by atoms with Gasteiger partial charge in [0.25, 0.3) is 0 Å². The van der Waals surface area contributed by atoms with Crippen LogP contribution in [-0.2, 0) is 9.53 Å². The van der Waals surface area contributed by atoms with Crippen LogP contribution >= 0.6 is 0 Å². The van der Waals surface area contributed by atoms with Crippen LogP contribution in [0.5, 0.6) is 0 Å². The third-order valence-corrected chi connectivity index (χ3v) is 2.68. The van der Waals surface area contributed by atoms with Gasteiger partial charge in [0.05, 0.1) is 7.11 Å². The largest absolute Gasteiger partial charge is 0.468 e. The van der Waals surface area contributed by atoms with Crippen molar-refractivity contribution in [3.05, 3.63) is 0 Å². The fourth-order valence-electron chi connectivity index (χ4n) is 1.96. The molecular weight excluding hydrogens is 166 g/mol. The minimum atomic E-state index is -0.0756. The van der Waals surface area contributed by atoms with Gasteiger partial charge < -0.3 is 4.74 Å². The Morgan fingerprint density at radius 2 is 2.15 bits per heavy atom. The number of piperidine rings is 1. The molecule has 0 saturated carbocycles. The van der Waals surface area contributed by atoms with Crippen molar-refractivity contribution >= 4 is 5.97 Å². The third-order valence-electron chi connectivity index (χ3n) is 2.68. The highest BCUT2D eigenvalue weighted by molar-refractivity contribution is 5.75. The van der Waals surface area contributed by atoms with E-state index in [0.717, 1.165) is 19.4 Å². The molecule has 0 aromatic heterocycles. The number of carbonyl (C=O) groups excluding carboxylic acids is 1. The van der Waals surface area contributed by atoms with Crippen LogP contribution in [0.4, 0.5) is 0 Å². The van der Waals surface area contributed by atoms with E-state index in [0.29, 0.717) is 6.04 Å². The quantitative estimate of drug-likeness (QED) is 0.609. The number of carbonyl (C=O) groups is 1. The summed E-state index contributed by atoms with van der Waals surface area (Å²) in [5.41, 5.74) is 0. The number of esters is 1. The molecule has 3 heteroatoms. The Kier molecular flexibility index (Phi) is 3.72. The lowest BCUT2D eigenvalue weighted by molar-refractivity contribution is -0.149. The number of rotatable bonds is 2. The maximum Gasteiger partial charge on any atom is 0.323 e. The van der Waals surface area contributed by atoms with Gasteiger partial charge in [-0.05, 0) is 33.2 Å². The molecule has 0 bridgehead atoms. The molecule has 0 unspecified atom stereocenters. The summed E-state index contributed by atoms with van der Waals surface area (Å²) in [5.74, 6) is -0.0756. The molecule has 0 aliphatic carbocycles. The van der Waals surface area contributed by atoms with Gasteiger partial charge in [-0.2, -0.15) is 0 Å². The van der Waals surface area contributed by atoms with Crippen LogP contribution in [-0.4, -0.2) is 36.6 Å². The number of nitrogens with zero attached hydrogens (tertiary/aromatic N) is 1. The molecule has 0 N–H and O–H groups in total. The van der Waals surface area contributed by atoms with Crippen molar-refractivity contribution in [2.45, 2.75) is 45.2 Å². The highest BCUT2D eigenvalue weighted by Gasteiger charge is 2.30. The maximum atomic E-state index is 11.4. The second kappa shape index (κ2) is 4.61. The van der Waals surface area contributed by atoms with E-state index in [2.05, 4.69) is 18.7 Å². The first-order valence-corrected chi connectivity index (χ1v) is 5.00. The lowest BCUT2D eigenvalue weighted by Gasteiger charge is -2.36. The Hall–Kier alpha value is -0.570. The molecule has 76 valence electrons. The van der Waals surface area contributed by atoms with Crippen molar-refractivity contribution in [3.8, 4) is 0 Å². The van der Waals surface area contributed by atoms with Crippen LogP contribution in [0, 0.1) is 0 Å². The Labute approximate surface area is 80.1 Å². The van der Waals surface area contributed by atoms with E-state index in [9.17, 15) is 4.79 Å². The molecule has 3 nitrogen and oxygen atoms in total. The van der Waals surface area contributed by atoms with Crippen LogP contribution in [0.15, 0.2) is 0 Å². The first-order chi connectivity index (χ1) is 6.16. The first kappa shape index (κ1) is 10.5. The van der Waals surface area contributed by atoms with Crippen molar-refractivity contribution in [1.82, 2.24) is 4.90 Å². The van der Waals surface area contributed by atoms with Crippen molar-refractivity contribution in [2.75, 3.05) is 13.7 Å². The summed E-state index contributed by atoms with van der Waals surface area (Å²) >= 11 is 0. The smallest absolute Gasteiger partial charge is 0.323 e. The van der Waals surface area contributed by atoms with Crippen LogP contribution in [0.25, 0.3) is 0 Å². The summed E-state index contributed by atoms with van der Waals surface area (Å²) in [5, 5.41) is 0. The van der Waals surface area contributed by atoms with Crippen LogP contribution in [0.3, 0.4) is 0 Å². The number of methoxy groups -OCH3 is 1. The summed E-state index contributed by atoms with van der Waals surface area (Å²) in [6.45, 7) is 5.28. The minimum absolute atomic E-state index is 0.00116. The zero-order valence-electron chi connectivity index (χ0n) is 8.75. The molecule has 1 heterocycles. The van der Waals surface area contributed by atoms with Gasteiger partial charge in [-0.25, -0.2) is 0 Å². The Balaban J connectivity index is 2.61. The molecule has 0 aromatic rings. The van der Waals surface area contributed by atoms with E-state index in [-0.39, 0.29) is 12.0 Å². The van der Waals surface area contributed by atoms with Gasteiger partial charge in [-0.3, -0.25) is 9.69 Å². The summed E-state index contributed by atoms with van der Waals surface area (Å²) in [7, 11) is 1.47. The standard InChI is InChI=1S/C10H19NO2/c1-8(2)11-7-5-4-6-9(11)10(12)13-3/h8-9H,4-7H2,1-3H3/t9-/m1/s1. The van der Waals surface area contributed by atoms with Gasteiger partial charge in [-0.15, -0.1) is 0 Å². The lowest BCUT2D eigenvalue weighted by Crippen LogP contribution is -2.48. The van der Waals surface area contributed by atoms with E-state index in [4.69, 9.17) is 4.74 Å². The highest BCUT2D eigenvalue weighted by Crippen LogP contribution is 2.20. The summed E-state index contributed by atoms with van der Waals surface area (Å²) in [6.07, 6.45) is 3.29. The highest BCUT2D eigenvalue weighted by atomic mass is 16.5. The Morgan fingerprint density at radius 1 is 1.46 bits per heavy atom. The molecule has 1 saturated heterocycles. The average Bonchev–Trinajstić information content (AvgIpc) is 2.16. The first-order valence-electron chi connectivity index (χ1n) is 5.00. The predicted molar refractivity (Wildman–Crippen MR) is 51.5 cm³/mol. The number of likely N-dealkylation sites (tertiary alicyclic amines) is 1. The molecule has 0 radical (unpaired) electrons. The minimum Gasteiger partial charge on any atom is -0.468 e. The Morgan fingerprint density at radius 3 is 2.69 bits per heavy atom. The lowest BCUT2D eigenvalue weighted by atomic mass is 10.0. The zero-order valence-corrected chi connectivity index (χ0v) is 8.75. The van der Waals surface area contributed by atoms with Gasteiger partial charge in [0.15, 0.2) is 0 Å². The molecule has 13 heavy (non-hydrogen) atoms. The molecular formula is C10H19NO2. The second-order valence-corrected chi connectivity index (χ2v) is 3.87. The molecule has 0 spiro atoms. The van der Waals surface area contributed by atoms with Gasteiger partial charge in [0.1, 0.15) is 6.04 Å². The van der Waals surface area contributed by atoms with E-state index in [1.807, 2.05) is 0 Å². The molecule has 0 aromatic carbocycles. The van der Waals surface area contributed by atoms with Crippen molar-refractivity contribution < 1.29 is 9.53 Å². The number of ether oxygens (including phenoxy) is 1. The van der Waals surface area contributed by atoms with E-state index >= 15 is 0 Å². The van der Waals surface area contributed by atoms with Gasteiger partial charge in [0.2, 0.25) is 0 Å². The van der Waals surface area contributed by atoms with Gasteiger partial charge in [0, 0.05) is 6.04 Å². The zero-order chi connectivity index (χ0) is 9.84. The van der Waals surface area contributed by atoms with Crippen LogP contribution in [0.2, 0.25) is 0 Å². The summed E-state index contributed by atoms with van der Waals surface area (Å²) < 4.78 is 4.79. The normalized spacial score (nSPS) is 24.8. The monoisotopic (exact) mass is 185 g/mol. The molecule has 0 amide bonds.